The van der Waals surface area contributed by atoms with Crippen LogP contribution in [0.5, 0.6) is 0 Å². The van der Waals surface area contributed by atoms with Crippen LogP contribution in [-0.4, -0.2) is 17.0 Å². The smallest absolute Gasteiger partial charge is 0.300 e. The van der Waals surface area contributed by atoms with Crippen LogP contribution in [0.3, 0.4) is 0 Å². The van der Waals surface area contributed by atoms with Gasteiger partial charge in [-0.25, -0.2) is 0 Å². The van der Waals surface area contributed by atoms with Gasteiger partial charge in [-0.15, -0.1) is 0 Å². The van der Waals surface area contributed by atoms with E-state index in [1.165, 1.54) is 0 Å². The zero-order chi connectivity index (χ0) is 14.8. The molecule has 0 aromatic heterocycles. The molecular weight excluding hydrogens is 244 g/mol. The largest absolute Gasteiger partial charge is 0.481 e. The fourth-order valence-corrected chi connectivity index (χ4v) is 1.02. The summed E-state index contributed by atoms with van der Waals surface area (Å²) < 4.78 is 0. The number of hydrogen-bond donors (Lipinski definition) is 2. The maximum atomic E-state index is 11.6. The molecule has 1 aromatic carbocycles. The number of rotatable bonds is 3. The highest BCUT2D eigenvalue weighted by molar-refractivity contribution is 5.95. The molecule has 0 aliphatic rings. The van der Waals surface area contributed by atoms with Crippen molar-refractivity contribution in [3.05, 3.63) is 47.7 Å². The Kier molecular flexibility index (Phi) is 7.31. The van der Waals surface area contributed by atoms with Gasteiger partial charge in [0.2, 0.25) is 0 Å². The minimum atomic E-state index is -0.833. The fraction of sp³-hybridized carbons (Fsp3) is 0.214. The van der Waals surface area contributed by atoms with Gasteiger partial charge in [0.25, 0.3) is 11.9 Å². The van der Waals surface area contributed by atoms with Gasteiger partial charge >= 0.3 is 0 Å². The van der Waals surface area contributed by atoms with Crippen LogP contribution in [0.4, 0.5) is 0 Å². The molecule has 0 heterocycles. The number of nitriles is 1. The molecule has 19 heavy (non-hydrogen) atoms. The normalized spacial score (nSPS) is 8.47. The number of carboxylic acid groups (broad SMARTS) is 1. The number of carboxylic acids is 1. The third-order valence-electron chi connectivity index (χ3n) is 1.99. The van der Waals surface area contributed by atoms with Crippen molar-refractivity contribution in [1.29, 1.82) is 5.26 Å². The van der Waals surface area contributed by atoms with E-state index in [1.54, 1.807) is 24.3 Å². The molecular formula is C14H16N2O3. The fourth-order valence-electron chi connectivity index (χ4n) is 1.02. The van der Waals surface area contributed by atoms with Gasteiger partial charge in [-0.2, -0.15) is 5.26 Å². The number of carbonyl (C=O) groups excluding carboxylic acids is 1. The summed E-state index contributed by atoms with van der Waals surface area (Å²) in [7, 11) is 0. The lowest BCUT2D eigenvalue weighted by atomic mass is 10.1. The third kappa shape index (κ3) is 7.34. The van der Waals surface area contributed by atoms with Crippen molar-refractivity contribution in [3.8, 4) is 6.07 Å². The number of amides is 1. The Morgan fingerprint density at radius 1 is 1.37 bits per heavy atom. The zero-order valence-electron chi connectivity index (χ0n) is 10.9. The van der Waals surface area contributed by atoms with Gasteiger partial charge < -0.3 is 10.4 Å². The first-order valence-electron chi connectivity index (χ1n) is 5.59. The summed E-state index contributed by atoms with van der Waals surface area (Å²) in [6.45, 7) is 6.69. The predicted octanol–water partition coefficient (Wildman–Crippen LogP) is 2.30. The zero-order valence-corrected chi connectivity index (χ0v) is 10.9. The Hall–Kier alpha value is -2.61. The van der Waals surface area contributed by atoms with Gasteiger partial charge in [0.15, 0.2) is 0 Å². The Morgan fingerprint density at radius 3 is 2.21 bits per heavy atom. The van der Waals surface area contributed by atoms with Gasteiger partial charge in [0.05, 0.1) is 11.6 Å². The van der Waals surface area contributed by atoms with Crippen LogP contribution in [0.15, 0.2) is 36.5 Å². The predicted molar refractivity (Wildman–Crippen MR) is 71.4 cm³/mol. The quantitative estimate of drug-likeness (QED) is 0.872. The van der Waals surface area contributed by atoms with E-state index in [0.29, 0.717) is 23.2 Å². The summed E-state index contributed by atoms with van der Waals surface area (Å²) in [4.78, 5) is 20.6. The Balaban J connectivity index is 0.000000711. The number of carbonyl (C=O) groups is 2. The third-order valence-corrected chi connectivity index (χ3v) is 1.99. The van der Waals surface area contributed by atoms with Crippen molar-refractivity contribution < 1.29 is 14.7 Å². The van der Waals surface area contributed by atoms with Crippen LogP contribution in [-0.2, 0) is 4.79 Å². The molecule has 0 atom stereocenters. The molecule has 0 saturated carbocycles. The van der Waals surface area contributed by atoms with Gasteiger partial charge in [-0.05, 0) is 30.7 Å². The lowest BCUT2D eigenvalue weighted by Crippen LogP contribution is -2.21. The lowest BCUT2D eigenvalue weighted by Gasteiger charge is -2.05. The second kappa shape index (κ2) is 8.48. The molecule has 0 spiro atoms. The maximum absolute atomic E-state index is 11.6. The SMILES string of the molecule is C=C(CC)NC(=O)c1ccc(C#N)cc1.CC(=O)O. The van der Waals surface area contributed by atoms with E-state index in [1.807, 2.05) is 13.0 Å². The molecule has 1 rings (SSSR count). The topological polar surface area (TPSA) is 90.2 Å². The highest BCUT2D eigenvalue weighted by Gasteiger charge is 2.05. The summed E-state index contributed by atoms with van der Waals surface area (Å²) >= 11 is 0. The number of benzene rings is 1. The minimum absolute atomic E-state index is 0.189. The minimum Gasteiger partial charge on any atom is -0.481 e. The standard InChI is InChI=1S/C12H12N2O.C2H4O2/c1-3-9(2)14-12(15)11-6-4-10(8-13)5-7-11;1-2(3)4/h4-7H,2-3H2,1H3,(H,14,15);1H3,(H,3,4). The first-order valence-corrected chi connectivity index (χ1v) is 5.59. The van der Waals surface area contributed by atoms with Crippen LogP contribution in [0, 0.1) is 11.3 Å². The first-order chi connectivity index (χ1) is 8.90. The van der Waals surface area contributed by atoms with E-state index in [-0.39, 0.29) is 5.91 Å². The number of nitrogens with zero attached hydrogens (tertiary/aromatic N) is 1. The molecule has 5 nitrogen and oxygen atoms in total. The van der Waals surface area contributed by atoms with E-state index in [2.05, 4.69) is 11.9 Å². The van der Waals surface area contributed by atoms with Crippen LogP contribution in [0.25, 0.3) is 0 Å². The molecule has 0 bridgehead atoms. The molecule has 0 radical (unpaired) electrons. The van der Waals surface area contributed by atoms with E-state index in [4.69, 9.17) is 15.2 Å². The van der Waals surface area contributed by atoms with Crippen molar-refractivity contribution in [3.63, 3.8) is 0 Å². The van der Waals surface area contributed by atoms with E-state index in [0.717, 1.165) is 6.92 Å². The van der Waals surface area contributed by atoms with Crippen molar-refractivity contribution in [2.75, 3.05) is 0 Å². The number of allylic oxidation sites excluding steroid dienone is 1. The number of aliphatic carboxylic acids is 1. The van der Waals surface area contributed by atoms with E-state index < -0.39 is 5.97 Å². The molecule has 0 aliphatic carbocycles. The van der Waals surface area contributed by atoms with Crippen LogP contribution >= 0.6 is 0 Å². The second-order valence-electron chi connectivity index (χ2n) is 3.62. The summed E-state index contributed by atoms with van der Waals surface area (Å²) in [5.74, 6) is -1.02. The molecule has 100 valence electrons. The van der Waals surface area contributed by atoms with E-state index >= 15 is 0 Å². The van der Waals surface area contributed by atoms with Gasteiger partial charge in [0.1, 0.15) is 0 Å². The van der Waals surface area contributed by atoms with Crippen LogP contribution in [0.1, 0.15) is 36.2 Å². The Morgan fingerprint density at radius 2 is 1.84 bits per heavy atom. The van der Waals surface area contributed by atoms with Gasteiger partial charge in [-0.1, -0.05) is 13.5 Å². The maximum Gasteiger partial charge on any atom is 0.300 e. The molecule has 1 amide bonds. The van der Waals surface area contributed by atoms with Crippen molar-refractivity contribution in [2.24, 2.45) is 0 Å². The van der Waals surface area contributed by atoms with Crippen molar-refractivity contribution in [2.45, 2.75) is 20.3 Å². The van der Waals surface area contributed by atoms with Gasteiger partial charge in [-0.3, -0.25) is 9.59 Å². The summed E-state index contributed by atoms with van der Waals surface area (Å²) in [6.07, 6.45) is 0.710. The van der Waals surface area contributed by atoms with Gasteiger partial charge in [0, 0.05) is 18.2 Å². The average Bonchev–Trinajstić information content (AvgIpc) is 2.38. The monoisotopic (exact) mass is 260 g/mol. The number of hydrogen-bond acceptors (Lipinski definition) is 3. The van der Waals surface area contributed by atoms with Crippen molar-refractivity contribution in [1.82, 2.24) is 5.32 Å². The molecule has 1 aromatic rings. The van der Waals surface area contributed by atoms with E-state index in [9.17, 15) is 4.79 Å². The molecule has 0 saturated heterocycles. The molecule has 5 heteroatoms. The summed E-state index contributed by atoms with van der Waals surface area (Å²) in [6, 6.07) is 8.47. The van der Waals surface area contributed by atoms with Crippen LogP contribution < -0.4 is 5.32 Å². The van der Waals surface area contributed by atoms with Crippen molar-refractivity contribution >= 4 is 11.9 Å². The Bertz CT molecular complexity index is 494. The highest BCUT2D eigenvalue weighted by Crippen LogP contribution is 2.04. The average molecular weight is 260 g/mol. The summed E-state index contributed by atoms with van der Waals surface area (Å²) in [5, 5.41) is 18.7. The highest BCUT2D eigenvalue weighted by atomic mass is 16.4. The molecule has 2 N–H and O–H groups in total. The molecule has 0 fully saturated rings. The first kappa shape index (κ1) is 16.4. The van der Waals surface area contributed by atoms with Crippen LogP contribution in [0.2, 0.25) is 0 Å². The lowest BCUT2D eigenvalue weighted by molar-refractivity contribution is -0.134. The number of nitrogens with one attached hydrogen (secondary N) is 1. The summed E-state index contributed by atoms with van der Waals surface area (Å²) in [5.41, 5.74) is 1.76. The second-order valence-corrected chi connectivity index (χ2v) is 3.62. The molecule has 0 aliphatic heterocycles. The Labute approximate surface area is 112 Å². The molecule has 0 unspecified atom stereocenters.